The number of benzene rings is 3. The van der Waals surface area contributed by atoms with E-state index in [4.69, 9.17) is 0 Å². The number of rotatable bonds is 7. The highest BCUT2D eigenvalue weighted by molar-refractivity contribution is 7.98. The number of aromatic nitrogens is 1. The Labute approximate surface area is 246 Å². The Bertz CT molecular complexity index is 1570. The molecule has 0 spiro atoms. The fourth-order valence-electron chi connectivity index (χ4n) is 5.31. The molecular weight excluding hydrogens is 569 g/mol. The molecule has 214 valence electrons. The largest absolute Gasteiger partial charge is 0.724 e. The molecule has 6 rings (SSSR count). The number of urea groups is 1. The number of hydrogen-bond donors (Lipinski definition) is 0. The van der Waals surface area contributed by atoms with E-state index in [1.54, 1.807) is 24.5 Å². The lowest BCUT2D eigenvalue weighted by Gasteiger charge is -2.25. The Morgan fingerprint density at radius 2 is 1.36 bits per heavy atom. The molecule has 42 heavy (non-hydrogen) atoms. The lowest BCUT2D eigenvalue weighted by atomic mass is 9.97. The van der Waals surface area contributed by atoms with Crippen LogP contribution in [0, 0.1) is 0 Å². The summed E-state index contributed by atoms with van der Waals surface area (Å²) in [5.74, 6) is 2.41. The number of carbonyl (C=O) groups is 1. The summed E-state index contributed by atoms with van der Waals surface area (Å²) in [5, 5.41) is 4.81. The lowest BCUT2D eigenvalue weighted by Crippen LogP contribution is -2.36. The Morgan fingerprint density at radius 3 is 1.81 bits per heavy atom. The molecule has 2 aliphatic rings. The molecule has 0 N–H and O–H groups in total. The number of allylic oxidation sites excluding steroid dienone is 1. The molecule has 8 nitrogen and oxygen atoms in total. The van der Waals surface area contributed by atoms with Gasteiger partial charge in [-0.2, -0.15) is 9.35 Å². The monoisotopic (exact) mass is 599 g/mol. The molecule has 0 radical (unpaired) electrons. The zero-order valence-corrected chi connectivity index (χ0v) is 24.6. The van der Waals surface area contributed by atoms with Gasteiger partial charge in [0.05, 0.1) is 12.4 Å². The zero-order chi connectivity index (χ0) is 29.6. The van der Waals surface area contributed by atoms with Crippen LogP contribution < -0.4 is 15.9 Å². The van der Waals surface area contributed by atoms with E-state index in [0.717, 1.165) is 11.1 Å². The maximum Gasteiger partial charge on any atom is 0.346 e. The van der Waals surface area contributed by atoms with Crippen LogP contribution in [0.4, 0.5) is 4.79 Å². The van der Waals surface area contributed by atoms with Crippen LogP contribution >= 0.6 is 7.26 Å². The molecule has 3 aromatic carbocycles. The van der Waals surface area contributed by atoms with Gasteiger partial charge in [0, 0.05) is 18.9 Å². The van der Waals surface area contributed by atoms with Gasteiger partial charge in [-0.1, -0.05) is 66.7 Å². The highest BCUT2D eigenvalue weighted by Crippen LogP contribution is 2.56. The molecule has 3 heterocycles. The van der Waals surface area contributed by atoms with Gasteiger partial charge in [-0.25, -0.2) is 13.2 Å². The topological polar surface area (TPSA) is 103 Å². The summed E-state index contributed by atoms with van der Waals surface area (Å²) in [4.78, 5) is 17.2. The van der Waals surface area contributed by atoms with Gasteiger partial charge in [-0.15, -0.1) is 0 Å². The number of nitrogens with zero attached hydrogens (tertiary/aromatic N) is 3. The molecule has 2 bridgehead atoms. The molecule has 4 aromatic rings. The smallest absolute Gasteiger partial charge is 0.346 e. The molecule has 2 aliphatic heterocycles. The van der Waals surface area contributed by atoms with Crippen molar-refractivity contribution in [1.29, 1.82) is 0 Å². The van der Waals surface area contributed by atoms with Crippen molar-refractivity contribution in [1.82, 2.24) is 14.9 Å². The summed E-state index contributed by atoms with van der Waals surface area (Å²) in [6.45, 7) is 2.73. The third-order valence-electron chi connectivity index (χ3n) is 7.07. The van der Waals surface area contributed by atoms with E-state index in [9.17, 15) is 17.8 Å². The van der Waals surface area contributed by atoms with Crippen LogP contribution in [0.2, 0.25) is 0 Å². The first-order valence-corrected chi connectivity index (χ1v) is 16.6. The van der Waals surface area contributed by atoms with E-state index >= 15 is 0 Å². The number of fused-ring (bicyclic) bond motifs is 2. The van der Waals surface area contributed by atoms with Crippen molar-refractivity contribution in [2.75, 3.05) is 13.1 Å². The van der Waals surface area contributed by atoms with E-state index in [-0.39, 0.29) is 6.54 Å². The van der Waals surface area contributed by atoms with Crippen molar-refractivity contribution in [3.05, 3.63) is 139 Å². The van der Waals surface area contributed by atoms with E-state index < -0.39 is 29.7 Å². The summed E-state index contributed by atoms with van der Waals surface area (Å²) >= 11 is 0. The van der Waals surface area contributed by atoms with E-state index in [1.807, 2.05) is 6.08 Å². The van der Waals surface area contributed by atoms with Crippen LogP contribution in [0.3, 0.4) is 0 Å². The lowest BCUT2D eigenvalue weighted by molar-refractivity contribution is -0.0171. The minimum Gasteiger partial charge on any atom is -0.724 e. The van der Waals surface area contributed by atoms with Crippen molar-refractivity contribution in [3.8, 4) is 0 Å². The standard InChI is InChI=1S/C21H20P.C11H11N3O5S/c1-2-18-22(19-12-6-3-7-13-19,20-14-8-4-9-15-20)21-16-10-5-11-17-21;15-11-13-6-3-9(8-1-4-12-5-2-8)10(7-13)14(11)19-20(16,17)18/h2-18H,1H3;1-5,10H,6-7H2,(H,16,17,18)/q+1;/p-1/b18-2-;. The van der Waals surface area contributed by atoms with E-state index in [0.29, 0.717) is 11.6 Å². The van der Waals surface area contributed by atoms with Crippen LogP contribution in [0.15, 0.2) is 133 Å². The maximum atomic E-state index is 11.9. The zero-order valence-electron chi connectivity index (χ0n) is 22.9. The molecule has 10 heteroatoms. The average Bonchev–Trinajstić information content (AvgIpc) is 3.25. The summed E-state index contributed by atoms with van der Waals surface area (Å²) in [6.07, 6.45) is 7.19. The van der Waals surface area contributed by atoms with Crippen LogP contribution in [-0.4, -0.2) is 53.1 Å². The van der Waals surface area contributed by atoms with Gasteiger partial charge in [0.2, 0.25) is 10.4 Å². The fraction of sp³-hybridized carbons (Fsp3) is 0.125. The van der Waals surface area contributed by atoms with Crippen molar-refractivity contribution in [2.24, 2.45) is 0 Å². The van der Waals surface area contributed by atoms with Gasteiger partial charge < -0.3 is 9.45 Å². The second-order valence-corrected chi connectivity index (χ2v) is 13.9. The molecule has 0 aliphatic carbocycles. The Balaban J connectivity index is 0.000000169. The number of amides is 2. The number of carbonyl (C=O) groups excluding carboxylic acids is 1. The predicted octanol–water partition coefficient (Wildman–Crippen LogP) is 4.49. The number of pyridine rings is 1. The minimum atomic E-state index is -5.00. The van der Waals surface area contributed by atoms with Crippen LogP contribution in [0.5, 0.6) is 0 Å². The highest BCUT2D eigenvalue weighted by atomic mass is 32.3. The predicted molar refractivity (Wildman–Crippen MR) is 166 cm³/mol. The van der Waals surface area contributed by atoms with Gasteiger partial charge in [-0.05, 0) is 66.6 Å². The summed E-state index contributed by atoms with van der Waals surface area (Å²) in [6, 6.07) is 34.9. The Hall–Kier alpha value is -4.14. The second-order valence-electron chi connectivity index (χ2n) is 9.62. The first kappa shape index (κ1) is 29.4. The first-order chi connectivity index (χ1) is 20.3. The van der Waals surface area contributed by atoms with Gasteiger partial charge in [-0.3, -0.25) is 4.98 Å². The second kappa shape index (κ2) is 12.8. The van der Waals surface area contributed by atoms with Crippen molar-refractivity contribution >= 4 is 45.2 Å². The summed E-state index contributed by atoms with van der Waals surface area (Å²) in [7, 11) is -6.73. The summed E-state index contributed by atoms with van der Waals surface area (Å²) < 4.78 is 36.5. The van der Waals surface area contributed by atoms with Gasteiger partial charge in [0.15, 0.2) is 0 Å². The molecular formula is C32H30N3O5PS. The highest BCUT2D eigenvalue weighted by Gasteiger charge is 2.44. The average molecular weight is 600 g/mol. The molecule has 0 saturated carbocycles. The minimum absolute atomic E-state index is 0.280. The van der Waals surface area contributed by atoms with Crippen LogP contribution in [0.1, 0.15) is 12.5 Å². The van der Waals surface area contributed by atoms with E-state index in [1.165, 1.54) is 20.8 Å². The molecule has 2 amide bonds. The van der Waals surface area contributed by atoms with E-state index in [2.05, 4.69) is 119 Å². The third-order valence-corrected chi connectivity index (χ3v) is 11.5. The summed E-state index contributed by atoms with van der Waals surface area (Å²) in [5.41, 5.74) is 1.54. The molecule has 1 aromatic heterocycles. The van der Waals surface area contributed by atoms with Gasteiger partial charge >= 0.3 is 6.03 Å². The van der Waals surface area contributed by atoms with Crippen molar-refractivity contribution < 1.29 is 22.0 Å². The van der Waals surface area contributed by atoms with Crippen LogP contribution in [0.25, 0.3) is 5.57 Å². The molecule has 1 unspecified atom stereocenters. The number of hydrogen-bond acceptors (Lipinski definition) is 6. The fourth-order valence-corrected chi connectivity index (χ4v) is 9.46. The van der Waals surface area contributed by atoms with Gasteiger partial charge in [0.25, 0.3) is 0 Å². The number of hydroxylamine groups is 2. The van der Waals surface area contributed by atoms with Crippen molar-refractivity contribution in [2.45, 2.75) is 13.0 Å². The first-order valence-electron chi connectivity index (χ1n) is 13.4. The SMILES string of the molecule is C/C=C\[P+](c1ccccc1)(c1ccccc1)c1ccccc1.O=C1N2CC=C(c3ccncc3)C(C2)N1OS(=O)(=O)[O-]. The molecule has 1 fully saturated rings. The Morgan fingerprint density at radius 1 is 0.857 bits per heavy atom. The normalized spacial score (nSPS) is 16.7. The third kappa shape index (κ3) is 6.20. The quantitative estimate of drug-likeness (QED) is 0.176. The molecule has 1 saturated heterocycles. The maximum absolute atomic E-state index is 11.9. The van der Waals surface area contributed by atoms with Crippen LogP contribution in [-0.2, 0) is 14.7 Å². The Kier molecular flexibility index (Phi) is 8.94. The molecule has 1 atom stereocenters. The van der Waals surface area contributed by atoms with Gasteiger partial charge in [0.1, 0.15) is 29.2 Å². The van der Waals surface area contributed by atoms with Crippen molar-refractivity contribution in [3.63, 3.8) is 0 Å².